The predicted molar refractivity (Wildman–Crippen MR) is 105 cm³/mol. The van der Waals surface area contributed by atoms with Crippen molar-refractivity contribution in [3.63, 3.8) is 0 Å². The average molecular weight is 361 g/mol. The maximum absolute atomic E-state index is 11.1. The van der Waals surface area contributed by atoms with Crippen molar-refractivity contribution in [2.24, 2.45) is 5.92 Å². The number of para-hydroxylation sites is 1. The summed E-state index contributed by atoms with van der Waals surface area (Å²) < 4.78 is 2.39. The molecule has 0 unspecified atom stereocenters. The first-order valence-corrected chi connectivity index (χ1v) is 9.66. The summed E-state index contributed by atoms with van der Waals surface area (Å²) in [5, 5.41) is 12.3. The Bertz CT molecular complexity index is 935. The third-order valence-corrected chi connectivity index (χ3v) is 5.66. The van der Waals surface area contributed by atoms with E-state index in [9.17, 15) is 9.90 Å². The Hall–Kier alpha value is -2.59. The molecule has 4 nitrogen and oxygen atoms in total. The molecule has 3 aromatic rings. The fourth-order valence-corrected chi connectivity index (χ4v) is 4.02. The largest absolute Gasteiger partial charge is 0.550 e. The second kappa shape index (κ2) is 7.57. The molecule has 0 bridgehead atoms. The van der Waals surface area contributed by atoms with E-state index < -0.39 is 5.97 Å². The highest BCUT2D eigenvalue weighted by Gasteiger charge is 2.21. The molecule has 4 heteroatoms. The van der Waals surface area contributed by atoms with Gasteiger partial charge in [0.05, 0.1) is 0 Å². The van der Waals surface area contributed by atoms with Crippen molar-refractivity contribution in [2.45, 2.75) is 32.9 Å². The molecule has 0 spiro atoms. The van der Waals surface area contributed by atoms with E-state index in [0.717, 1.165) is 26.2 Å². The van der Waals surface area contributed by atoms with E-state index in [0.29, 0.717) is 12.8 Å². The van der Waals surface area contributed by atoms with Gasteiger partial charge in [-0.3, -0.25) is 4.90 Å². The number of benzene rings is 2. The molecule has 0 amide bonds. The zero-order valence-electron chi connectivity index (χ0n) is 15.7. The number of hydrogen-bond acceptors (Lipinski definition) is 3. The van der Waals surface area contributed by atoms with Gasteiger partial charge in [-0.2, -0.15) is 0 Å². The topological polar surface area (TPSA) is 48.3 Å². The number of rotatable bonds is 5. The number of fused-ring (bicyclic) bond motifs is 1. The van der Waals surface area contributed by atoms with Crippen LogP contribution in [0.25, 0.3) is 10.9 Å². The Balaban J connectivity index is 1.58. The van der Waals surface area contributed by atoms with Crippen LogP contribution in [0.15, 0.2) is 54.6 Å². The number of likely N-dealkylation sites (tertiary alicyclic amines) is 1. The van der Waals surface area contributed by atoms with Crippen LogP contribution >= 0.6 is 0 Å². The molecule has 0 atom stereocenters. The molecular weight excluding hydrogens is 336 g/mol. The number of carboxylic acid groups (broad SMARTS) is 1. The monoisotopic (exact) mass is 361 g/mol. The lowest BCUT2D eigenvalue weighted by molar-refractivity contribution is -0.312. The van der Waals surface area contributed by atoms with Gasteiger partial charge in [0.25, 0.3) is 0 Å². The van der Waals surface area contributed by atoms with E-state index in [1.165, 1.54) is 27.7 Å². The molecule has 1 saturated heterocycles. The summed E-state index contributed by atoms with van der Waals surface area (Å²) in [6.45, 7) is 5.42. The van der Waals surface area contributed by atoms with Crippen LogP contribution in [0, 0.1) is 12.8 Å². The Morgan fingerprint density at radius 1 is 1.04 bits per heavy atom. The molecule has 1 fully saturated rings. The number of aromatic nitrogens is 1. The van der Waals surface area contributed by atoms with Gasteiger partial charge in [-0.05, 0) is 55.9 Å². The Labute approximate surface area is 160 Å². The van der Waals surface area contributed by atoms with Crippen molar-refractivity contribution in [2.75, 3.05) is 13.1 Å². The SMILES string of the molecule is Cc1ccc(Cn2c(CN3CCC(C(=O)[O-])CC3)cc3ccccc32)cc1. The van der Waals surface area contributed by atoms with Gasteiger partial charge in [0.2, 0.25) is 0 Å². The minimum Gasteiger partial charge on any atom is -0.550 e. The van der Waals surface area contributed by atoms with E-state index >= 15 is 0 Å². The lowest BCUT2D eigenvalue weighted by Crippen LogP contribution is -2.41. The molecule has 0 saturated carbocycles. The summed E-state index contributed by atoms with van der Waals surface area (Å²) in [6, 6.07) is 19.5. The minimum atomic E-state index is -0.900. The van der Waals surface area contributed by atoms with Crippen LogP contribution in [-0.2, 0) is 17.9 Å². The first kappa shape index (κ1) is 17.8. The maximum atomic E-state index is 11.1. The van der Waals surface area contributed by atoms with Gasteiger partial charge >= 0.3 is 0 Å². The molecule has 1 aromatic heterocycles. The van der Waals surface area contributed by atoms with Crippen LogP contribution in [0.1, 0.15) is 29.7 Å². The van der Waals surface area contributed by atoms with Gasteiger partial charge in [0, 0.05) is 36.2 Å². The third-order valence-electron chi connectivity index (χ3n) is 5.66. The van der Waals surface area contributed by atoms with Crippen LogP contribution in [-0.4, -0.2) is 28.5 Å². The fraction of sp³-hybridized carbons (Fsp3) is 0.348. The number of carbonyl (C=O) groups excluding carboxylic acids is 1. The van der Waals surface area contributed by atoms with Crippen molar-refractivity contribution in [1.29, 1.82) is 0 Å². The lowest BCUT2D eigenvalue weighted by Gasteiger charge is -2.32. The number of aryl methyl sites for hydroxylation is 1. The summed E-state index contributed by atoms with van der Waals surface area (Å²) in [7, 11) is 0. The van der Waals surface area contributed by atoms with Crippen LogP contribution in [0.5, 0.6) is 0 Å². The normalized spacial score (nSPS) is 16.0. The van der Waals surface area contributed by atoms with Crippen molar-refractivity contribution in [3.05, 3.63) is 71.4 Å². The van der Waals surface area contributed by atoms with Gasteiger partial charge in [0.1, 0.15) is 0 Å². The number of carbonyl (C=O) groups is 1. The molecule has 4 rings (SSSR count). The number of hydrogen-bond donors (Lipinski definition) is 0. The highest BCUT2D eigenvalue weighted by atomic mass is 16.4. The van der Waals surface area contributed by atoms with Crippen LogP contribution in [0.2, 0.25) is 0 Å². The number of carboxylic acids is 1. The molecule has 2 aromatic carbocycles. The highest BCUT2D eigenvalue weighted by Crippen LogP contribution is 2.25. The number of nitrogens with zero attached hydrogens (tertiary/aromatic N) is 2. The molecule has 140 valence electrons. The molecule has 27 heavy (non-hydrogen) atoms. The van der Waals surface area contributed by atoms with E-state index in [1.54, 1.807) is 0 Å². The highest BCUT2D eigenvalue weighted by molar-refractivity contribution is 5.81. The molecule has 0 radical (unpaired) electrons. The Morgan fingerprint density at radius 2 is 1.74 bits per heavy atom. The van der Waals surface area contributed by atoms with Gasteiger partial charge in [0.15, 0.2) is 0 Å². The van der Waals surface area contributed by atoms with Crippen molar-refractivity contribution < 1.29 is 9.90 Å². The van der Waals surface area contributed by atoms with Crippen molar-refractivity contribution in [3.8, 4) is 0 Å². The molecule has 0 aliphatic carbocycles. The Morgan fingerprint density at radius 3 is 2.44 bits per heavy atom. The molecule has 0 N–H and O–H groups in total. The number of aliphatic carboxylic acids is 1. The fourth-order valence-electron chi connectivity index (χ4n) is 4.02. The standard InChI is InChI=1S/C23H26N2O2/c1-17-6-8-18(9-7-17)15-25-21(14-20-4-2-3-5-22(20)25)16-24-12-10-19(11-13-24)23(26)27/h2-9,14,19H,10-13,15-16H2,1H3,(H,26,27)/p-1. The van der Waals surface area contributed by atoms with Crippen LogP contribution in [0.3, 0.4) is 0 Å². The minimum absolute atomic E-state index is 0.292. The summed E-state index contributed by atoms with van der Waals surface area (Å²) in [4.78, 5) is 13.4. The summed E-state index contributed by atoms with van der Waals surface area (Å²) >= 11 is 0. The average Bonchev–Trinajstić information content (AvgIpc) is 3.01. The van der Waals surface area contributed by atoms with Gasteiger partial charge in [-0.15, -0.1) is 0 Å². The van der Waals surface area contributed by atoms with Crippen LogP contribution < -0.4 is 5.11 Å². The third kappa shape index (κ3) is 3.91. The maximum Gasteiger partial charge on any atom is 0.0486 e. The van der Waals surface area contributed by atoms with E-state index in [1.807, 2.05) is 0 Å². The number of piperidine rings is 1. The van der Waals surface area contributed by atoms with Gasteiger partial charge in [-0.1, -0.05) is 48.0 Å². The summed E-state index contributed by atoms with van der Waals surface area (Å²) in [6.07, 6.45) is 1.36. The lowest BCUT2D eigenvalue weighted by atomic mass is 9.97. The van der Waals surface area contributed by atoms with E-state index in [4.69, 9.17) is 0 Å². The molecule has 2 heterocycles. The van der Waals surface area contributed by atoms with Crippen molar-refractivity contribution >= 4 is 16.9 Å². The second-order valence-electron chi connectivity index (χ2n) is 7.64. The van der Waals surface area contributed by atoms with E-state index in [2.05, 4.69) is 71.0 Å². The molecular formula is C23H25N2O2-. The predicted octanol–water partition coefficient (Wildman–Crippen LogP) is 2.96. The quantitative estimate of drug-likeness (QED) is 0.702. The summed E-state index contributed by atoms with van der Waals surface area (Å²) in [5.74, 6) is -1.19. The molecule has 1 aliphatic heterocycles. The molecule has 1 aliphatic rings. The first-order valence-electron chi connectivity index (χ1n) is 9.66. The van der Waals surface area contributed by atoms with Crippen LogP contribution in [0.4, 0.5) is 0 Å². The summed E-state index contributed by atoms with van der Waals surface area (Å²) in [5.41, 5.74) is 5.09. The second-order valence-corrected chi connectivity index (χ2v) is 7.64. The van der Waals surface area contributed by atoms with Gasteiger partial charge < -0.3 is 14.5 Å². The van der Waals surface area contributed by atoms with Crippen molar-refractivity contribution in [1.82, 2.24) is 9.47 Å². The smallest absolute Gasteiger partial charge is 0.0486 e. The Kier molecular flexibility index (Phi) is 4.99. The first-order chi connectivity index (χ1) is 13.1. The zero-order chi connectivity index (χ0) is 18.8. The zero-order valence-corrected chi connectivity index (χ0v) is 15.7. The van der Waals surface area contributed by atoms with E-state index in [-0.39, 0.29) is 5.92 Å². The van der Waals surface area contributed by atoms with Gasteiger partial charge in [-0.25, -0.2) is 0 Å².